The summed E-state index contributed by atoms with van der Waals surface area (Å²) < 4.78 is 0.899. The van der Waals surface area contributed by atoms with Crippen molar-refractivity contribution in [3.63, 3.8) is 0 Å². The summed E-state index contributed by atoms with van der Waals surface area (Å²) in [5, 5.41) is 0. The molecule has 4 nitrogen and oxygen atoms in total. The zero-order valence-corrected chi connectivity index (χ0v) is 15.8. The Kier molecular flexibility index (Phi) is 4.60. The quantitative estimate of drug-likeness (QED) is 0.615. The second kappa shape index (κ2) is 7.21. The maximum Gasteiger partial charge on any atom is 0.269 e. The Morgan fingerprint density at radius 1 is 0.778 bits per heavy atom. The van der Waals surface area contributed by atoms with Gasteiger partial charge >= 0.3 is 0 Å². The lowest BCUT2D eigenvalue weighted by atomic mass is 10.0. The molecule has 0 heterocycles. The second-order valence-electron chi connectivity index (χ2n) is 6.08. The number of hydrogen-bond acceptors (Lipinski definition) is 3. The van der Waals surface area contributed by atoms with Crippen LogP contribution in [0.15, 0.2) is 83.3 Å². The fourth-order valence-corrected chi connectivity index (χ4v) is 3.35. The van der Waals surface area contributed by atoms with Gasteiger partial charge in [0.05, 0.1) is 11.3 Å². The van der Waals surface area contributed by atoms with Crippen LogP contribution in [-0.4, -0.2) is 11.7 Å². The summed E-state index contributed by atoms with van der Waals surface area (Å²) in [6.07, 6.45) is 0. The molecule has 4 rings (SSSR count). The monoisotopic (exact) mass is 418 g/mol. The van der Waals surface area contributed by atoms with Gasteiger partial charge in [0, 0.05) is 21.2 Å². The molecule has 3 aromatic carbocycles. The van der Waals surface area contributed by atoms with E-state index >= 15 is 0 Å². The van der Waals surface area contributed by atoms with E-state index in [1.54, 1.807) is 30.3 Å². The molecule has 0 bridgehead atoms. The predicted octanol–water partition coefficient (Wildman–Crippen LogP) is 4.45. The van der Waals surface area contributed by atoms with Gasteiger partial charge in [0.25, 0.3) is 5.91 Å². The Hall–Kier alpha value is -3.18. The first-order valence-electron chi connectivity index (χ1n) is 8.41. The van der Waals surface area contributed by atoms with Crippen LogP contribution in [0, 0.1) is 0 Å². The minimum absolute atomic E-state index is 0.0582. The number of halogens is 1. The molecule has 27 heavy (non-hydrogen) atoms. The zero-order chi connectivity index (χ0) is 18.8. The van der Waals surface area contributed by atoms with Crippen molar-refractivity contribution < 1.29 is 9.59 Å². The van der Waals surface area contributed by atoms with Crippen molar-refractivity contribution in [3.8, 4) is 0 Å². The van der Waals surface area contributed by atoms with Crippen LogP contribution in [0.3, 0.4) is 0 Å². The summed E-state index contributed by atoms with van der Waals surface area (Å²) in [5.41, 5.74) is 9.56. The molecule has 0 saturated heterocycles. The van der Waals surface area contributed by atoms with E-state index in [1.165, 1.54) is 0 Å². The highest BCUT2D eigenvalue weighted by Gasteiger charge is 2.30. The smallest absolute Gasteiger partial charge is 0.269 e. The van der Waals surface area contributed by atoms with E-state index in [4.69, 9.17) is 0 Å². The highest BCUT2D eigenvalue weighted by molar-refractivity contribution is 9.10. The van der Waals surface area contributed by atoms with Gasteiger partial charge in [-0.3, -0.25) is 20.4 Å². The lowest BCUT2D eigenvalue weighted by Crippen LogP contribution is -2.36. The van der Waals surface area contributed by atoms with E-state index in [9.17, 15) is 9.59 Å². The zero-order valence-electron chi connectivity index (χ0n) is 14.2. The summed E-state index contributed by atoms with van der Waals surface area (Å²) in [5.74, 6) is -0.337. The van der Waals surface area contributed by atoms with Gasteiger partial charge in [0.15, 0.2) is 5.78 Å². The summed E-state index contributed by atoms with van der Waals surface area (Å²) in [7, 11) is 0. The molecule has 0 atom stereocenters. The number of ketones is 1. The molecular weight excluding hydrogens is 404 g/mol. The largest absolute Gasteiger partial charge is 0.297 e. The molecule has 1 aliphatic carbocycles. The van der Waals surface area contributed by atoms with Crippen molar-refractivity contribution in [1.29, 1.82) is 0 Å². The van der Waals surface area contributed by atoms with Crippen LogP contribution in [-0.2, 0) is 0 Å². The van der Waals surface area contributed by atoms with Gasteiger partial charge < -0.3 is 0 Å². The fourth-order valence-electron chi connectivity index (χ4n) is 3.08. The van der Waals surface area contributed by atoms with Crippen LogP contribution >= 0.6 is 15.9 Å². The molecule has 0 radical (unpaired) electrons. The SMILES string of the molecule is O=C(NNC1=C(c2ccccc2)C(=O)c2ccccc21)c1ccc(Br)cc1. The first-order chi connectivity index (χ1) is 13.1. The Labute approximate surface area is 165 Å². The number of rotatable bonds is 4. The highest BCUT2D eigenvalue weighted by atomic mass is 79.9. The highest BCUT2D eigenvalue weighted by Crippen LogP contribution is 2.36. The topological polar surface area (TPSA) is 58.2 Å². The van der Waals surface area contributed by atoms with Crippen molar-refractivity contribution in [3.05, 3.63) is 106 Å². The van der Waals surface area contributed by atoms with Crippen molar-refractivity contribution in [2.75, 3.05) is 0 Å². The minimum atomic E-state index is -0.278. The number of allylic oxidation sites excluding steroid dienone is 1. The molecule has 0 spiro atoms. The summed E-state index contributed by atoms with van der Waals surface area (Å²) >= 11 is 3.35. The number of hydrazine groups is 1. The molecule has 0 unspecified atom stereocenters. The average Bonchev–Trinajstić information content (AvgIpc) is 2.99. The van der Waals surface area contributed by atoms with Crippen molar-refractivity contribution in [2.24, 2.45) is 0 Å². The van der Waals surface area contributed by atoms with Gasteiger partial charge in [0.2, 0.25) is 0 Å². The number of Topliss-reactive ketones (excluding diaryl/α,β-unsaturated/α-hetero) is 1. The van der Waals surface area contributed by atoms with E-state index in [0.29, 0.717) is 22.4 Å². The minimum Gasteiger partial charge on any atom is -0.297 e. The van der Waals surface area contributed by atoms with Crippen molar-refractivity contribution in [2.45, 2.75) is 0 Å². The van der Waals surface area contributed by atoms with Gasteiger partial charge in [-0.05, 0) is 29.8 Å². The third kappa shape index (κ3) is 3.29. The van der Waals surface area contributed by atoms with Crippen LogP contribution in [0.5, 0.6) is 0 Å². The number of fused-ring (bicyclic) bond motifs is 1. The Balaban J connectivity index is 1.68. The molecule has 0 aliphatic heterocycles. The molecule has 0 saturated carbocycles. The lowest BCUT2D eigenvalue weighted by molar-refractivity contribution is 0.0941. The summed E-state index contributed by atoms with van der Waals surface area (Å²) in [6.45, 7) is 0. The van der Waals surface area contributed by atoms with Gasteiger partial charge in [-0.2, -0.15) is 0 Å². The van der Waals surface area contributed by atoms with E-state index in [1.807, 2.05) is 48.5 Å². The molecule has 1 aliphatic rings. The molecular formula is C22H15BrN2O2. The Bertz CT molecular complexity index is 1060. The second-order valence-corrected chi connectivity index (χ2v) is 6.99. The van der Waals surface area contributed by atoms with Crippen LogP contribution in [0.25, 0.3) is 11.3 Å². The summed E-state index contributed by atoms with van der Waals surface area (Å²) in [6, 6.07) is 23.9. The Morgan fingerprint density at radius 3 is 2.11 bits per heavy atom. The van der Waals surface area contributed by atoms with Gasteiger partial charge in [0.1, 0.15) is 0 Å². The van der Waals surface area contributed by atoms with E-state index < -0.39 is 0 Å². The molecule has 132 valence electrons. The number of carbonyl (C=O) groups is 2. The van der Waals surface area contributed by atoms with Crippen LogP contribution < -0.4 is 10.9 Å². The van der Waals surface area contributed by atoms with Crippen LogP contribution in [0.2, 0.25) is 0 Å². The standard InChI is InChI=1S/C22H15BrN2O2/c23-16-12-10-15(11-13-16)22(27)25-24-20-17-8-4-5-9-18(17)21(26)19(20)14-6-2-1-3-7-14/h1-13,24H,(H,25,27). The average molecular weight is 419 g/mol. The molecule has 5 heteroatoms. The number of benzene rings is 3. The molecule has 0 fully saturated rings. The lowest BCUT2D eigenvalue weighted by Gasteiger charge is -2.13. The summed E-state index contributed by atoms with van der Waals surface area (Å²) in [4.78, 5) is 25.4. The first-order valence-corrected chi connectivity index (χ1v) is 9.20. The maximum absolute atomic E-state index is 12.9. The number of carbonyl (C=O) groups excluding carboxylic acids is 2. The molecule has 3 aromatic rings. The third-order valence-corrected chi connectivity index (χ3v) is 4.92. The van der Waals surface area contributed by atoms with Gasteiger partial charge in [-0.1, -0.05) is 70.5 Å². The molecule has 0 aromatic heterocycles. The van der Waals surface area contributed by atoms with Crippen LogP contribution in [0.1, 0.15) is 31.8 Å². The third-order valence-electron chi connectivity index (χ3n) is 4.39. The molecule has 2 N–H and O–H groups in total. The first kappa shape index (κ1) is 17.2. The van der Waals surface area contributed by atoms with E-state index in [2.05, 4.69) is 26.8 Å². The van der Waals surface area contributed by atoms with Crippen molar-refractivity contribution >= 4 is 38.9 Å². The number of hydrogen-bond donors (Lipinski definition) is 2. The van der Waals surface area contributed by atoms with Crippen molar-refractivity contribution in [1.82, 2.24) is 10.9 Å². The maximum atomic E-state index is 12.9. The fraction of sp³-hybridized carbons (Fsp3) is 0. The predicted molar refractivity (Wildman–Crippen MR) is 109 cm³/mol. The van der Waals surface area contributed by atoms with Gasteiger partial charge in [-0.15, -0.1) is 0 Å². The van der Waals surface area contributed by atoms with Crippen LogP contribution in [0.4, 0.5) is 0 Å². The number of nitrogens with one attached hydrogen (secondary N) is 2. The molecule has 1 amide bonds. The van der Waals surface area contributed by atoms with E-state index in [-0.39, 0.29) is 11.7 Å². The Morgan fingerprint density at radius 2 is 1.41 bits per heavy atom. The van der Waals surface area contributed by atoms with E-state index in [0.717, 1.165) is 15.6 Å². The normalized spacial score (nSPS) is 12.7. The van der Waals surface area contributed by atoms with Gasteiger partial charge in [-0.25, -0.2) is 0 Å². The number of amides is 1.